The van der Waals surface area contributed by atoms with E-state index in [-0.39, 0.29) is 0 Å². The van der Waals surface area contributed by atoms with Crippen molar-refractivity contribution in [3.05, 3.63) is 77.9 Å². The largest absolute Gasteiger partial charge is 0.106 e. The molecule has 0 bridgehead atoms. The van der Waals surface area contributed by atoms with Gasteiger partial charge in [0.2, 0.25) is 0 Å². The Labute approximate surface area is 129 Å². The van der Waals surface area contributed by atoms with E-state index in [0.29, 0.717) is 0 Å². The fourth-order valence-corrected chi connectivity index (χ4v) is 2.77. The second-order valence-electron chi connectivity index (χ2n) is 5.52. The molecule has 0 radical (unpaired) electrons. The Morgan fingerprint density at radius 3 is 1.81 bits per heavy atom. The summed E-state index contributed by atoms with van der Waals surface area (Å²) in [5.74, 6) is 0. The van der Waals surface area contributed by atoms with Crippen LogP contribution in [0.3, 0.4) is 0 Å². The molecule has 0 nitrogen and oxygen atoms in total. The molecule has 3 aromatic rings. The van der Waals surface area contributed by atoms with Crippen LogP contribution in [0.5, 0.6) is 0 Å². The van der Waals surface area contributed by atoms with Crippen molar-refractivity contribution in [2.45, 2.75) is 13.8 Å². The fourth-order valence-electron chi connectivity index (χ4n) is 2.58. The average Bonchev–Trinajstić information content (AvgIpc) is 2.49. The zero-order chi connectivity index (χ0) is 14.8. The first-order valence-electron chi connectivity index (χ1n) is 7.17. The van der Waals surface area contributed by atoms with Gasteiger partial charge in [-0.25, -0.2) is 0 Å². The van der Waals surface area contributed by atoms with Gasteiger partial charge in [0.1, 0.15) is 0 Å². The van der Waals surface area contributed by atoms with Gasteiger partial charge in [-0.15, -0.1) is 9.24 Å². The van der Waals surface area contributed by atoms with Gasteiger partial charge in [-0.3, -0.25) is 0 Å². The molecular formula is C20H19P. The van der Waals surface area contributed by atoms with E-state index >= 15 is 0 Å². The van der Waals surface area contributed by atoms with Crippen molar-refractivity contribution in [2.75, 3.05) is 0 Å². The van der Waals surface area contributed by atoms with Crippen molar-refractivity contribution in [3.8, 4) is 22.3 Å². The minimum absolute atomic E-state index is 1.22. The Hall–Kier alpha value is -1.91. The van der Waals surface area contributed by atoms with E-state index in [0.717, 1.165) is 0 Å². The summed E-state index contributed by atoms with van der Waals surface area (Å²) in [5, 5.41) is 1.22. The molecule has 0 aliphatic carbocycles. The Morgan fingerprint density at radius 2 is 1.19 bits per heavy atom. The summed E-state index contributed by atoms with van der Waals surface area (Å²) in [6, 6.07) is 24.0. The zero-order valence-corrected chi connectivity index (χ0v) is 13.6. The molecule has 3 rings (SSSR count). The number of benzene rings is 3. The van der Waals surface area contributed by atoms with E-state index in [9.17, 15) is 0 Å². The highest BCUT2D eigenvalue weighted by atomic mass is 31.0. The van der Waals surface area contributed by atoms with Crippen molar-refractivity contribution in [1.82, 2.24) is 0 Å². The van der Waals surface area contributed by atoms with Crippen LogP contribution in [0.2, 0.25) is 0 Å². The zero-order valence-electron chi connectivity index (χ0n) is 12.4. The third-order valence-electron chi connectivity index (χ3n) is 3.83. The SMILES string of the molecule is Cc1ccc(-c2ccc(-c3ccc(P)cc3)c(C)c2)cc1. The summed E-state index contributed by atoms with van der Waals surface area (Å²) >= 11 is 0. The molecule has 0 fully saturated rings. The first-order chi connectivity index (χ1) is 10.1. The van der Waals surface area contributed by atoms with Crippen LogP contribution < -0.4 is 5.30 Å². The number of hydrogen-bond acceptors (Lipinski definition) is 0. The maximum Gasteiger partial charge on any atom is -0.0154 e. The molecule has 0 aromatic heterocycles. The van der Waals surface area contributed by atoms with Crippen LogP contribution in [-0.2, 0) is 0 Å². The summed E-state index contributed by atoms with van der Waals surface area (Å²) < 4.78 is 0. The van der Waals surface area contributed by atoms with Gasteiger partial charge in [0, 0.05) is 0 Å². The Balaban J connectivity index is 1.99. The molecular weight excluding hydrogens is 271 g/mol. The molecule has 1 heteroatoms. The summed E-state index contributed by atoms with van der Waals surface area (Å²) in [5.41, 5.74) is 7.73. The molecule has 0 aliphatic rings. The monoisotopic (exact) mass is 290 g/mol. The van der Waals surface area contributed by atoms with Crippen molar-refractivity contribution in [1.29, 1.82) is 0 Å². The van der Waals surface area contributed by atoms with Gasteiger partial charge in [-0.1, -0.05) is 72.3 Å². The first kappa shape index (κ1) is 14.0. The molecule has 0 amide bonds. The second kappa shape index (κ2) is 5.84. The predicted octanol–water partition coefficient (Wildman–Crippen LogP) is 5.14. The van der Waals surface area contributed by atoms with E-state index in [2.05, 4.69) is 89.8 Å². The molecule has 3 aromatic carbocycles. The molecule has 0 saturated carbocycles. The lowest BCUT2D eigenvalue weighted by Gasteiger charge is -2.10. The smallest absolute Gasteiger partial charge is 0.0154 e. The number of rotatable bonds is 2. The Kier molecular flexibility index (Phi) is 3.90. The number of aryl methyl sites for hydroxylation is 2. The highest BCUT2D eigenvalue weighted by molar-refractivity contribution is 7.27. The summed E-state index contributed by atoms with van der Waals surface area (Å²) in [6.45, 7) is 4.30. The van der Waals surface area contributed by atoms with Gasteiger partial charge in [-0.05, 0) is 47.0 Å². The third kappa shape index (κ3) is 3.06. The van der Waals surface area contributed by atoms with Crippen LogP contribution in [0.1, 0.15) is 11.1 Å². The lowest BCUT2D eigenvalue weighted by molar-refractivity contribution is 1.44. The Morgan fingerprint density at radius 1 is 0.619 bits per heavy atom. The number of hydrogen-bond donors (Lipinski definition) is 0. The maximum absolute atomic E-state index is 2.73. The van der Waals surface area contributed by atoms with Crippen LogP contribution in [0, 0.1) is 13.8 Å². The first-order valence-corrected chi connectivity index (χ1v) is 7.75. The molecule has 21 heavy (non-hydrogen) atoms. The van der Waals surface area contributed by atoms with Crippen LogP contribution in [0.15, 0.2) is 66.7 Å². The maximum atomic E-state index is 2.73. The van der Waals surface area contributed by atoms with Crippen LogP contribution in [0.25, 0.3) is 22.3 Å². The molecule has 0 aliphatic heterocycles. The highest BCUT2D eigenvalue weighted by Crippen LogP contribution is 2.28. The van der Waals surface area contributed by atoms with E-state index in [1.807, 2.05) is 0 Å². The average molecular weight is 290 g/mol. The van der Waals surface area contributed by atoms with Gasteiger partial charge >= 0.3 is 0 Å². The molecule has 0 spiro atoms. The quantitative estimate of drug-likeness (QED) is 0.573. The Bertz CT molecular complexity index is 753. The van der Waals surface area contributed by atoms with Gasteiger partial charge in [-0.2, -0.15) is 0 Å². The molecule has 0 heterocycles. The molecule has 0 N–H and O–H groups in total. The lowest BCUT2D eigenvalue weighted by atomic mass is 9.95. The summed E-state index contributed by atoms with van der Waals surface area (Å²) in [4.78, 5) is 0. The molecule has 1 unspecified atom stereocenters. The van der Waals surface area contributed by atoms with Gasteiger partial charge in [0.25, 0.3) is 0 Å². The van der Waals surface area contributed by atoms with E-state index < -0.39 is 0 Å². The van der Waals surface area contributed by atoms with E-state index in [4.69, 9.17) is 0 Å². The van der Waals surface area contributed by atoms with Crippen molar-refractivity contribution in [3.63, 3.8) is 0 Å². The van der Waals surface area contributed by atoms with Gasteiger partial charge < -0.3 is 0 Å². The normalized spacial score (nSPS) is 10.6. The van der Waals surface area contributed by atoms with Crippen LogP contribution in [0.4, 0.5) is 0 Å². The summed E-state index contributed by atoms with van der Waals surface area (Å²) in [7, 11) is 2.73. The lowest BCUT2D eigenvalue weighted by Crippen LogP contribution is -1.90. The van der Waals surface area contributed by atoms with E-state index in [1.165, 1.54) is 38.7 Å². The fraction of sp³-hybridized carbons (Fsp3) is 0.100. The molecule has 0 saturated heterocycles. The minimum atomic E-state index is 1.22. The second-order valence-corrected chi connectivity index (χ2v) is 6.18. The van der Waals surface area contributed by atoms with E-state index in [1.54, 1.807) is 0 Å². The third-order valence-corrected chi connectivity index (χ3v) is 4.22. The standard InChI is InChI=1S/C20H19P/c1-14-3-5-16(6-4-14)18-9-12-20(15(2)13-18)17-7-10-19(21)11-8-17/h3-13H,21H2,1-2H3. The van der Waals surface area contributed by atoms with Crippen molar-refractivity contribution in [2.24, 2.45) is 0 Å². The van der Waals surface area contributed by atoms with Crippen molar-refractivity contribution < 1.29 is 0 Å². The molecule has 1 atom stereocenters. The topological polar surface area (TPSA) is 0 Å². The predicted molar refractivity (Wildman–Crippen MR) is 96.1 cm³/mol. The molecule has 104 valence electrons. The summed E-state index contributed by atoms with van der Waals surface area (Å²) in [6.07, 6.45) is 0. The van der Waals surface area contributed by atoms with Crippen molar-refractivity contribution >= 4 is 14.5 Å². The van der Waals surface area contributed by atoms with Crippen LogP contribution >= 0.6 is 9.24 Å². The van der Waals surface area contributed by atoms with Gasteiger partial charge in [0.05, 0.1) is 0 Å². The van der Waals surface area contributed by atoms with Crippen LogP contribution in [-0.4, -0.2) is 0 Å². The van der Waals surface area contributed by atoms with Gasteiger partial charge in [0.15, 0.2) is 0 Å². The highest BCUT2D eigenvalue weighted by Gasteiger charge is 2.04. The minimum Gasteiger partial charge on any atom is -0.106 e.